The SMILES string of the molecule is CCC(C)NC(=O)C(CC)N(Cc1cccc(C)c1)C(=O)CN(c1ccc(I)cc1)S(C)(=O)=O. The molecule has 2 aromatic carbocycles. The molecule has 0 saturated carbocycles. The molecule has 2 unspecified atom stereocenters. The first kappa shape index (κ1) is 28.1. The number of nitrogens with one attached hydrogen (secondary N) is 1. The molecule has 0 radical (unpaired) electrons. The van der Waals surface area contributed by atoms with E-state index in [2.05, 4.69) is 27.9 Å². The normalized spacial score (nSPS) is 13.1. The maximum atomic E-state index is 13.6. The number of nitrogens with zero attached hydrogens (tertiary/aromatic N) is 2. The van der Waals surface area contributed by atoms with Crippen molar-refractivity contribution in [2.75, 3.05) is 17.1 Å². The van der Waals surface area contributed by atoms with E-state index >= 15 is 0 Å². The fourth-order valence-corrected chi connectivity index (χ4v) is 4.80. The number of carbonyl (C=O) groups is 2. The van der Waals surface area contributed by atoms with E-state index in [1.807, 2.05) is 52.0 Å². The predicted octanol–water partition coefficient (Wildman–Crippen LogP) is 4.09. The van der Waals surface area contributed by atoms with Gasteiger partial charge >= 0.3 is 0 Å². The molecule has 2 rings (SSSR count). The smallest absolute Gasteiger partial charge is 0.244 e. The summed E-state index contributed by atoms with van der Waals surface area (Å²) in [6, 6.07) is 13.9. The van der Waals surface area contributed by atoms with Crippen LogP contribution in [0.3, 0.4) is 0 Å². The summed E-state index contributed by atoms with van der Waals surface area (Å²) in [5, 5.41) is 2.97. The van der Waals surface area contributed by atoms with E-state index in [9.17, 15) is 18.0 Å². The van der Waals surface area contributed by atoms with Crippen molar-refractivity contribution in [2.45, 2.75) is 59.2 Å². The van der Waals surface area contributed by atoms with Crippen molar-refractivity contribution in [3.8, 4) is 0 Å². The minimum Gasteiger partial charge on any atom is -0.352 e. The summed E-state index contributed by atoms with van der Waals surface area (Å²) < 4.78 is 27.3. The average molecular weight is 600 g/mol. The highest BCUT2D eigenvalue weighted by molar-refractivity contribution is 14.1. The highest BCUT2D eigenvalue weighted by atomic mass is 127. The lowest BCUT2D eigenvalue weighted by atomic mass is 10.1. The van der Waals surface area contributed by atoms with Gasteiger partial charge in [0, 0.05) is 16.2 Å². The summed E-state index contributed by atoms with van der Waals surface area (Å²) in [7, 11) is -3.73. The van der Waals surface area contributed by atoms with Crippen LogP contribution in [-0.4, -0.2) is 50.0 Å². The molecule has 34 heavy (non-hydrogen) atoms. The van der Waals surface area contributed by atoms with E-state index in [0.717, 1.165) is 31.7 Å². The second-order valence-corrected chi connectivity index (χ2v) is 11.7. The minimum atomic E-state index is -3.73. The maximum absolute atomic E-state index is 13.6. The molecule has 2 atom stereocenters. The van der Waals surface area contributed by atoms with Gasteiger partial charge in [0.25, 0.3) is 0 Å². The molecule has 0 heterocycles. The van der Waals surface area contributed by atoms with Gasteiger partial charge in [-0.15, -0.1) is 0 Å². The molecule has 0 saturated heterocycles. The molecule has 1 N–H and O–H groups in total. The first-order valence-corrected chi connectivity index (χ1v) is 14.3. The summed E-state index contributed by atoms with van der Waals surface area (Å²) in [4.78, 5) is 28.2. The van der Waals surface area contributed by atoms with Gasteiger partial charge in [-0.25, -0.2) is 8.42 Å². The topological polar surface area (TPSA) is 86.8 Å². The van der Waals surface area contributed by atoms with Gasteiger partial charge in [-0.2, -0.15) is 0 Å². The van der Waals surface area contributed by atoms with Crippen LogP contribution in [0.4, 0.5) is 5.69 Å². The van der Waals surface area contributed by atoms with Crippen LogP contribution in [0.1, 0.15) is 44.7 Å². The summed E-state index contributed by atoms with van der Waals surface area (Å²) in [6.45, 7) is 7.53. The van der Waals surface area contributed by atoms with Crippen LogP contribution in [0.25, 0.3) is 0 Å². The van der Waals surface area contributed by atoms with E-state index in [1.165, 1.54) is 4.90 Å². The second-order valence-electron chi connectivity index (χ2n) is 8.50. The largest absolute Gasteiger partial charge is 0.352 e. The van der Waals surface area contributed by atoms with Crippen LogP contribution in [0.15, 0.2) is 48.5 Å². The second kappa shape index (κ2) is 12.5. The number of rotatable bonds is 11. The molecule has 186 valence electrons. The van der Waals surface area contributed by atoms with Gasteiger partial charge in [-0.05, 0) is 79.1 Å². The van der Waals surface area contributed by atoms with Gasteiger partial charge < -0.3 is 10.2 Å². The van der Waals surface area contributed by atoms with Crippen LogP contribution in [0.2, 0.25) is 0 Å². The molecule has 0 fully saturated rings. The van der Waals surface area contributed by atoms with E-state index in [0.29, 0.717) is 12.1 Å². The zero-order valence-electron chi connectivity index (χ0n) is 20.4. The zero-order chi connectivity index (χ0) is 25.5. The summed E-state index contributed by atoms with van der Waals surface area (Å²) >= 11 is 2.14. The van der Waals surface area contributed by atoms with E-state index in [4.69, 9.17) is 0 Å². The Balaban J connectivity index is 2.43. The third-order valence-corrected chi connectivity index (χ3v) is 7.48. The Bertz CT molecular complexity index is 1090. The van der Waals surface area contributed by atoms with Gasteiger partial charge in [-0.3, -0.25) is 13.9 Å². The standard InChI is InChI=1S/C25H34IN3O4S/c1-6-19(4)27-25(31)23(7-2)28(16-20-10-8-9-18(3)15-20)24(30)17-29(34(5,32)33)22-13-11-21(26)12-14-22/h8-15,19,23H,6-7,16-17H2,1-5H3,(H,27,31). The molecule has 0 aliphatic heterocycles. The number of amides is 2. The van der Waals surface area contributed by atoms with Crippen molar-refractivity contribution in [2.24, 2.45) is 0 Å². The number of hydrogen-bond donors (Lipinski definition) is 1. The van der Waals surface area contributed by atoms with Gasteiger partial charge in [0.15, 0.2) is 0 Å². The fourth-order valence-electron chi connectivity index (χ4n) is 3.59. The summed E-state index contributed by atoms with van der Waals surface area (Å²) in [5.41, 5.74) is 2.32. The van der Waals surface area contributed by atoms with Crippen LogP contribution in [-0.2, 0) is 26.2 Å². The Morgan fingerprint density at radius 2 is 1.71 bits per heavy atom. The number of carbonyl (C=O) groups excluding carboxylic acids is 2. The van der Waals surface area contributed by atoms with Gasteiger partial charge in [-0.1, -0.05) is 43.7 Å². The Kier molecular flexibility index (Phi) is 10.4. The van der Waals surface area contributed by atoms with Crippen LogP contribution in [0.5, 0.6) is 0 Å². The molecule has 0 aliphatic carbocycles. The van der Waals surface area contributed by atoms with Crippen molar-refractivity contribution in [1.82, 2.24) is 10.2 Å². The molecule has 0 spiro atoms. The highest BCUT2D eigenvalue weighted by Crippen LogP contribution is 2.21. The summed E-state index contributed by atoms with van der Waals surface area (Å²) in [6.07, 6.45) is 2.25. The maximum Gasteiger partial charge on any atom is 0.244 e. The molecule has 9 heteroatoms. The Hall–Kier alpha value is -2.14. The lowest BCUT2D eigenvalue weighted by molar-refractivity contribution is -0.140. The van der Waals surface area contributed by atoms with Gasteiger partial charge in [0.2, 0.25) is 21.8 Å². The van der Waals surface area contributed by atoms with E-state index < -0.39 is 28.5 Å². The molecule has 0 aromatic heterocycles. The number of aryl methyl sites for hydroxylation is 1. The Morgan fingerprint density at radius 3 is 2.24 bits per heavy atom. The number of sulfonamides is 1. The molecule has 2 aromatic rings. The molecule has 7 nitrogen and oxygen atoms in total. The minimum absolute atomic E-state index is 0.0308. The van der Waals surface area contributed by atoms with Crippen molar-refractivity contribution in [3.05, 3.63) is 63.2 Å². The predicted molar refractivity (Wildman–Crippen MR) is 145 cm³/mol. The zero-order valence-corrected chi connectivity index (χ0v) is 23.4. The summed E-state index contributed by atoms with van der Waals surface area (Å²) in [5.74, 6) is -0.672. The molecule has 2 amide bonds. The number of hydrogen-bond acceptors (Lipinski definition) is 4. The lowest BCUT2D eigenvalue weighted by Gasteiger charge is -2.33. The van der Waals surface area contributed by atoms with Gasteiger partial charge in [0.1, 0.15) is 12.6 Å². The van der Waals surface area contributed by atoms with E-state index in [-0.39, 0.29) is 18.5 Å². The fraction of sp³-hybridized carbons (Fsp3) is 0.440. The van der Waals surface area contributed by atoms with Crippen molar-refractivity contribution < 1.29 is 18.0 Å². The van der Waals surface area contributed by atoms with E-state index in [1.54, 1.807) is 24.3 Å². The lowest BCUT2D eigenvalue weighted by Crippen LogP contribution is -2.53. The number of halogens is 1. The van der Waals surface area contributed by atoms with Crippen LogP contribution >= 0.6 is 22.6 Å². The first-order chi connectivity index (χ1) is 16.0. The first-order valence-electron chi connectivity index (χ1n) is 11.3. The number of benzene rings is 2. The highest BCUT2D eigenvalue weighted by Gasteiger charge is 2.32. The van der Waals surface area contributed by atoms with Crippen LogP contribution < -0.4 is 9.62 Å². The Morgan fingerprint density at radius 1 is 1.06 bits per heavy atom. The average Bonchev–Trinajstić information content (AvgIpc) is 2.77. The Labute approximate surface area is 217 Å². The molecule has 0 aliphatic rings. The van der Waals surface area contributed by atoms with Gasteiger partial charge in [0.05, 0.1) is 11.9 Å². The van der Waals surface area contributed by atoms with Crippen LogP contribution in [0, 0.1) is 10.5 Å². The molecule has 0 bridgehead atoms. The third kappa shape index (κ3) is 7.97. The monoisotopic (exact) mass is 599 g/mol. The third-order valence-electron chi connectivity index (χ3n) is 5.62. The van der Waals surface area contributed by atoms with Crippen molar-refractivity contribution in [1.29, 1.82) is 0 Å². The number of anilines is 1. The molecular formula is C25H34IN3O4S. The van der Waals surface area contributed by atoms with Crippen molar-refractivity contribution >= 4 is 50.1 Å². The quantitative estimate of drug-likeness (QED) is 0.395. The van der Waals surface area contributed by atoms with Crippen molar-refractivity contribution in [3.63, 3.8) is 0 Å². The molecular weight excluding hydrogens is 565 g/mol.